The molecule has 1 aliphatic rings. The van der Waals surface area contributed by atoms with E-state index in [1.54, 1.807) is 6.07 Å². The van der Waals surface area contributed by atoms with E-state index in [1.165, 1.54) is 16.4 Å². The summed E-state index contributed by atoms with van der Waals surface area (Å²) in [6.07, 6.45) is 1.72. The van der Waals surface area contributed by atoms with E-state index in [4.69, 9.17) is 5.14 Å². The fourth-order valence-electron chi connectivity index (χ4n) is 1.97. The van der Waals surface area contributed by atoms with Crippen molar-refractivity contribution in [2.24, 2.45) is 5.14 Å². The van der Waals surface area contributed by atoms with Gasteiger partial charge in [-0.05, 0) is 29.7 Å². The van der Waals surface area contributed by atoms with Crippen LogP contribution in [-0.4, -0.2) is 33.9 Å². The minimum atomic E-state index is -3.76. The first kappa shape index (κ1) is 13.5. The van der Waals surface area contributed by atoms with Gasteiger partial charge in [-0.25, -0.2) is 22.0 Å². The van der Waals surface area contributed by atoms with Crippen LogP contribution in [-0.2, 0) is 33.0 Å². The molecule has 0 bridgehead atoms. The Morgan fingerprint density at radius 1 is 1.17 bits per heavy atom. The molecule has 0 atom stereocenters. The van der Waals surface area contributed by atoms with Crippen molar-refractivity contribution in [2.45, 2.75) is 17.9 Å². The predicted molar refractivity (Wildman–Crippen MR) is 66.8 cm³/mol. The molecule has 0 spiro atoms. The van der Waals surface area contributed by atoms with Crippen LogP contribution in [0.5, 0.6) is 0 Å². The molecule has 0 saturated heterocycles. The molecule has 6 nitrogen and oxygen atoms in total. The van der Waals surface area contributed by atoms with E-state index >= 15 is 0 Å². The maximum Gasteiger partial charge on any atom is 0.238 e. The Morgan fingerprint density at radius 2 is 1.83 bits per heavy atom. The molecule has 1 aliphatic heterocycles. The molecule has 8 heteroatoms. The number of hydrogen-bond donors (Lipinski definition) is 1. The number of nitrogens with two attached hydrogens (primary N) is 1. The maximum absolute atomic E-state index is 11.5. The third-order valence-electron chi connectivity index (χ3n) is 2.95. The van der Waals surface area contributed by atoms with Crippen LogP contribution >= 0.6 is 0 Å². The average Bonchev–Trinajstić information content (AvgIpc) is 2.25. The summed E-state index contributed by atoms with van der Waals surface area (Å²) in [6.45, 7) is 0.609. The van der Waals surface area contributed by atoms with Crippen LogP contribution in [0, 0.1) is 0 Å². The summed E-state index contributed by atoms with van der Waals surface area (Å²) in [5.41, 5.74) is 1.65. The van der Waals surface area contributed by atoms with Crippen molar-refractivity contribution in [3.63, 3.8) is 0 Å². The van der Waals surface area contributed by atoms with Gasteiger partial charge in [0.15, 0.2) is 0 Å². The second kappa shape index (κ2) is 4.30. The summed E-state index contributed by atoms with van der Waals surface area (Å²) in [6, 6.07) is 4.58. The molecule has 0 aromatic heterocycles. The number of benzene rings is 1. The maximum atomic E-state index is 11.5. The van der Waals surface area contributed by atoms with Gasteiger partial charge in [0, 0.05) is 13.1 Å². The smallest absolute Gasteiger partial charge is 0.225 e. The van der Waals surface area contributed by atoms with Gasteiger partial charge in [0.2, 0.25) is 20.0 Å². The highest BCUT2D eigenvalue weighted by Crippen LogP contribution is 2.23. The largest absolute Gasteiger partial charge is 0.238 e. The van der Waals surface area contributed by atoms with Crippen molar-refractivity contribution in [1.82, 2.24) is 4.31 Å². The van der Waals surface area contributed by atoms with E-state index in [2.05, 4.69) is 0 Å². The van der Waals surface area contributed by atoms with Gasteiger partial charge in [-0.2, -0.15) is 4.31 Å². The van der Waals surface area contributed by atoms with Crippen molar-refractivity contribution in [3.8, 4) is 0 Å². The Bertz CT molecular complexity index is 680. The molecule has 18 heavy (non-hydrogen) atoms. The molecule has 2 N–H and O–H groups in total. The van der Waals surface area contributed by atoms with Gasteiger partial charge in [-0.3, -0.25) is 0 Å². The van der Waals surface area contributed by atoms with E-state index in [9.17, 15) is 16.8 Å². The first-order valence-electron chi connectivity index (χ1n) is 5.27. The van der Waals surface area contributed by atoms with Gasteiger partial charge in [0.1, 0.15) is 0 Å². The lowest BCUT2D eigenvalue weighted by atomic mass is 10.0. The van der Waals surface area contributed by atoms with Crippen molar-refractivity contribution in [2.75, 3.05) is 12.8 Å². The first-order chi connectivity index (χ1) is 8.18. The van der Waals surface area contributed by atoms with Crippen LogP contribution in [0.1, 0.15) is 11.1 Å². The predicted octanol–water partition coefficient (Wildman–Crippen LogP) is -0.348. The minimum Gasteiger partial charge on any atom is -0.225 e. The monoisotopic (exact) mass is 290 g/mol. The molecule has 1 heterocycles. The Labute approximate surface area is 107 Å². The van der Waals surface area contributed by atoms with Gasteiger partial charge in [0.25, 0.3) is 0 Å². The molecule has 0 aliphatic carbocycles. The van der Waals surface area contributed by atoms with E-state index in [-0.39, 0.29) is 11.4 Å². The van der Waals surface area contributed by atoms with E-state index in [0.717, 1.165) is 11.8 Å². The highest BCUT2D eigenvalue weighted by molar-refractivity contribution is 7.89. The zero-order valence-electron chi connectivity index (χ0n) is 9.83. The fraction of sp³-hybridized carbons (Fsp3) is 0.400. The summed E-state index contributed by atoms with van der Waals surface area (Å²) in [5.74, 6) is 0. The van der Waals surface area contributed by atoms with Crippen LogP contribution in [0.15, 0.2) is 23.1 Å². The number of fused-ring (bicyclic) bond motifs is 1. The summed E-state index contributed by atoms with van der Waals surface area (Å²) < 4.78 is 46.7. The molecule has 1 aromatic rings. The van der Waals surface area contributed by atoms with Crippen molar-refractivity contribution >= 4 is 20.0 Å². The lowest BCUT2D eigenvalue weighted by molar-refractivity contribution is 0.394. The van der Waals surface area contributed by atoms with E-state index in [0.29, 0.717) is 18.5 Å². The van der Waals surface area contributed by atoms with Gasteiger partial charge in [-0.1, -0.05) is 6.07 Å². The van der Waals surface area contributed by atoms with Crippen LogP contribution in [0.2, 0.25) is 0 Å². The highest BCUT2D eigenvalue weighted by atomic mass is 32.2. The Kier molecular flexibility index (Phi) is 3.22. The molecule has 0 fully saturated rings. The Hall–Kier alpha value is -0.960. The van der Waals surface area contributed by atoms with Crippen LogP contribution in [0.25, 0.3) is 0 Å². The third kappa shape index (κ3) is 2.72. The normalized spacial score (nSPS) is 17.4. The van der Waals surface area contributed by atoms with Crippen LogP contribution < -0.4 is 5.14 Å². The summed E-state index contributed by atoms with van der Waals surface area (Å²) in [7, 11) is -7.02. The lowest BCUT2D eigenvalue weighted by Gasteiger charge is -2.26. The quantitative estimate of drug-likeness (QED) is 0.805. The van der Waals surface area contributed by atoms with Gasteiger partial charge < -0.3 is 0 Å². The fourth-order valence-corrected chi connectivity index (χ4v) is 3.33. The molecule has 0 saturated carbocycles. The van der Waals surface area contributed by atoms with Crippen molar-refractivity contribution in [1.29, 1.82) is 0 Å². The SMILES string of the molecule is CS(=O)(=O)N1CCc2ccc(S(N)(=O)=O)cc2C1. The van der Waals surface area contributed by atoms with Crippen LogP contribution in [0.4, 0.5) is 0 Å². The number of sulfonamides is 2. The molecule has 0 radical (unpaired) electrons. The second-order valence-electron chi connectivity index (χ2n) is 4.32. The molecule has 2 rings (SSSR count). The lowest BCUT2D eigenvalue weighted by Crippen LogP contribution is -2.35. The summed E-state index contributed by atoms with van der Waals surface area (Å²) >= 11 is 0. The third-order valence-corrected chi connectivity index (χ3v) is 5.11. The van der Waals surface area contributed by atoms with Gasteiger partial charge in [0.05, 0.1) is 11.2 Å². The molecule has 100 valence electrons. The molecular formula is C10H14N2O4S2. The van der Waals surface area contributed by atoms with Crippen LogP contribution in [0.3, 0.4) is 0 Å². The van der Waals surface area contributed by atoms with E-state index < -0.39 is 20.0 Å². The standard InChI is InChI=1S/C10H14N2O4S2/c1-17(13,14)12-5-4-8-2-3-10(18(11,15)16)6-9(8)7-12/h2-3,6H,4-5,7H2,1H3,(H2,11,15,16). The van der Waals surface area contributed by atoms with Gasteiger partial charge >= 0.3 is 0 Å². The summed E-state index contributed by atoms with van der Waals surface area (Å²) in [4.78, 5) is 0.0107. The highest BCUT2D eigenvalue weighted by Gasteiger charge is 2.24. The van der Waals surface area contributed by atoms with Crippen molar-refractivity contribution in [3.05, 3.63) is 29.3 Å². The first-order valence-corrected chi connectivity index (χ1v) is 8.67. The van der Waals surface area contributed by atoms with Gasteiger partial charge in [-0.15, -0.1) is 0 Å². The molecule has 1 aromatic carbocycles. The Balaban J connectivity index is 2.42. The molecule has 0 unspecified atom stereocenters. The van der Waals surface area contributed by atoms with E-state index in [1.807, 2.05) is 0 Å². The zero-order valence-corrected chi connectivity index (χ0v) is 11.5. The zero-order chi connectivity index (χ0) is 13.6. The topological polar surface area (TPSA) is 97.5 Å². The molecule has 0 amide bonds. The molecular weight excluding hydrogens is 276 g/mol. The minimum absolute atomic E-state index is 0.0107. The number of hydrogen-bond acceptors (Lipinski definition) is 4. The Morgan fingerprint density at radius 3 is 2.39 bits per heavy atom. The number of rotatable bonds is 2. The van der Waals surface area contributed by atoms with Crippen molar-refractivity contribution < 1.29 is 16.8 Å². The number of primary sulfonamides is 1. The summed E-state index contributed by atoms with van der Waals surface area (Å²) in [5, 5.41) is 5.05. The number of nitrogens with zero attached hydrogens (tertiary/aromatic N) is 1. The average molecular weight is 290 g/mol. The second-order valence-corrected chi connectivity index (χ2v) is 7.87.